The largest absolute Gasteiger partial charge is 0.496 e. The van der Waals surface area contributed by atoms with Crippen LogP contribution in [0.5, 0.6) is 5.75 Å². The third-order valence-electron chi connectivity index (χ3n) is 3.22. The van der Waals surface area contributed by atoms with E-state index in [2.05, 4.69) is 4.90 Å². The Kier molecular flexibility index (Phi) is 5.60. The van der Waals surface area contributed by atoms with Gasteiger partial charge in [0.2, 0.25) is 0 Å². The van der Waals surface area contributed by atoms with E-state index in [1.165, 1.54) is 0 Å². The first-order valence-corrected chi connectivity index (χ1v) is 6.57. The van der Waals surface area contributed by atoms with Crippen LogP contribution in [-0.4, -0.2) is 45.0 Å². The molecule has 1 aliphatic rings. The summed E-state index contributed by atoms with van der Waals surface area (Å²) in [4.78, 5) is 2.24. The van der Waals surface area contributed by atoms with E-state index in [0.717, 1.165) is 43.2 Å². The van der Waals surface area contributed by atoms with Crippen molar-refractivity contribution in [2.75, 3.05) is 40.1 Å². The second-order valence-electron chi connectivity index (χ2n) is 4.56. The van der Waals surface area contributed by atoms with Crippen LogP contribution in [0.4, 0.5) is 0 Å². The van der Waals surface area contributed by atoms with Gasteiger partial charge in [0.25, 0.3) is 0 Å². The molecule has 1 aromatic rings. The Bertz CT molecular complexity index is 392. The summed E-state index contributed by atoms with van der Waals surface area (Å²) in [6.45, 7) is 5.12. The number of benzene rings is 1. The number of hydrogen-bond donors (Lipinski definition) is 1. The fourth-order valence-corrected chi connectivity index (χ4v) is 2.09. The predicted molar refractivity (Wildman–Crippen MR) is 72.9 cm³/mol. The molecule has 0 atom stereocenters. The lowest BCUT2D eigenvalue weighted by Gasteiger charge is -2.26. The molecule has 2 rings (SSSR count). The molecule has 0 spiro atoms. The monoisotopic (exact) mass is 266 g/mol. The fourth-order valence-electron chi connectivity index (χ4n) is 2.09. The summed E-state index contributed by atoms with van der Waals surface area (Å²) in [5.74, 6) is 0.846. The van der Waals surface area contributed by atoms with Crippen LogP contribution in [0.2, 0.25) is 0 Å². The highest BCUT2D eigenvalue weighted by molar-refractivity contribution is 5.36. The summed E-state index contributed by atoms with van der Waals surface area (Å²) in [5.41, 5.74) is 7.78. The molecule has 19 heavy (non-hydrogen) atoms. The zero-order valence-electron chi connectivity index (χ0n) is 11.4. The standard InChI is InChI=1S/C14H22N2O3/c1-17-14-3-2-12(9-15)8-13(14)10-19-11-16-4-6-18-7-5-16/h2-3,8H,4-7,9-11,15H2,1H3. The Balaban J connectivity index is 1.86. The van der Waals surface area contributed by atoms with Gasteiger partial charge in [0.1, 0.15) is 5.75 Å². The molecular formula is C14H22N2O3. The van der Waals surface area contributed by atoms with E-state index in [1.807, 2.05) is 18.2 Å². The van der Waals surface area contributed by atoms with Crippen molar-refractivity contribution in [3.63, 3.8) is 0 Å². The van der Waals surface area contributed by atoms with Crippen molar-refractivity contribution >= 4 is 0 Å². The maximum atomic E-state index is 5.75. The number of nitrogens with zero attached hydrogens (tertiary/aromatic N) is 1. The van der Waals surface area contributed by atoms with Gasteiger partial charge >= 0.3 is 0 Å². The Hall–Kier alpha value is -1.14. The summed E-state index contributed by atoms with van der Waals surface area (Å²) in [7, 11) is 1.67. The molecule has 1 heterocycles. The summed E-state index contributed by atoms with van der Waals surface area (Å²) in [5, 5.41) is 0. The third kappa shape index (κ3) is 4.18. The van der Waals surface area contributed by atoms with Crippen LogP contribution in [0.1, 0.15) is 11.1 Å². The minimum atomic E-state index is 0.528. The minimum Gasteiger partial charge on any atom is -0.496 e. The lowest BCUT2D eigenvalue weighted by atomic mass is 10.1. The molecular weight excluding hydrogens is 244 g/mol. The van der Waals surface area contributed by atoms with Crippen LogP contribution < -0.4 is 10.5 Å². The second-order valence-corrected chi connectivity index (χ2v) is 4.56. The molecule has 0 aliphatic carbocycles. The van der Waals surface area contributed by atoms with Gasteiger partial charge in [-0.1, -0.05) is 6.07 Å². The van der Waals surface area contributed by atoms with Crippen LogP contribution in [-0.2, 0) is 22.6 Å². The van der Waals surface area contributed by atoms with Gasteiger partial charge in [-0.2, -0.15) is 0 Å². The average molecular weight is 266 g/mol. The Labute approximate surface area is 114 Å². The average Bonchev–Trinajstić information content (AvgIpc) is 2.48. The highest BCUT2D eigenvalue weighted by Crippen LogP contribution is 2.20. The van der Waals surface area contributed by atoms with Crippen LogP contribution in [0.15, 0.2) is 18.2 Å². The van der Waals surface area contributed by atoms with Gasteiger partial charge in [0.05, 0.1) is 33.7 Å². The van der Waals surface area contributed by atoms with Crippen LogP contribution in [0.3, 0.4) is 0 Å². The number of hydrogen-bond acceptors (Lipinski definition) is 5. The van der Waals surface area contributed by atoms with Crippen LogP contribution in [0.25, 0.3) is 0 Å². The lowest BCUT2D eigenvalue weighted by molar-refractivity contribution is -0.0381. The summed E-state index contributed by atoms with van der Waals surface area (Å²) < 4.78 is 16.4. The zero-order chi connectivity index (χ0) is 13.5. The molecule has 0 radical (unpaired) electrons. The van der Waals surface area contributed by atoms with Crippen LogP contribution >= 0.6 is 0 Å². The van der Waals surface area contributed by atoms with Crippen molar-refractivity contribution in [2.45, 2.75) is 13.2 Å². The molecule has 2 N–H and O–H groups in total. The smallest absolute Gasteiger partial charge is 0.124 e. The molecule has 1 fully saturated rings. The Morgan fingerprint density at radius 1 is 1.32 bits per heavy atom. The maximum absolute atomic E-state index is 5.75. The molecule has 5 nitrogen and oxygen atoms in total. The number of ether oxygens (including phenoxy) is 3. The zero-order valence-corrected chi connectivity index (χ0v) is 11.4. The molecule has 0 bridgehead atoms. The van der Waals surface area contributed by atoms with Gasteiger partial charge in [0, 0.05) is 25.2 Å². The molecule has 0 unspecified atom stereocenters. The summed E-state index contributed by atoms with van der Waals surface area (Å²) in [6, 6.07) is 5.96. The number of nitrogens with two attached hydrogens (primary N) is 1. The number of methoxy groups -OCH3 is 1. The van der Waals surface area contributed by atoms with Gasteiger partial charge in [-0.3, -0.25) is 4.90 Å². The van der Waals surface area contributed by atoms with Crippen LogP contribution in [0, 0.1) is 0 Å². The van der Waals surface area contributed by atoms with E-state index in [0.29, 0.717) is 19.9 Å². The second kappa shape index (κ2) is 7.45. The Morgan fingerprint density at radius 3 is 2.79 bits per heavy atom. The predicted octanol–water partition coefficient (Wildman–Crippen LogP) is 0.960. The molecule has 106 valence electrons. The minimum absolute atomic E-state index is 0.528. The molecule has 1 aliphatic heterocycles. The topological polar surface area (TPSA) is 57.0 Å². The first-order chi connectivity index (χ1) is 9.33. The van der Waals surface area contributed by atoms with Gasteiger partial charge < -0.3 is 19.9 Å². The molecule has 1 aromatic carbocycles. The van der Waals surface area contributed by atoms with Crippen molar-refractivity contribution in [1.29, 1.82) is 0 Å². The normalized spacial score (nSPS) is 16.5. The lowest BCUT2D eigenvalue weighted by Crippen LogP contribution is -2.37. The van der Waals surface area contributed by atoms with Crippen molar-refractivity contribution in [2.24, 2.45) is 5.73 Å². The molecule has 5 heteroatoms. The first-order valence-electron chi connectivity index (χ1n) is 6.57. The molecule has 0 amide bonds. The van der Waals surface area contributed by atoms with Gasteiger partial charge in [-0.05, 0) is 17.7 Å². The highest BCUT2D eigenvalue weighted by atomic mass is 16.5. The third-order valence-corrected chi connectivity index (χ3v) is 3.22. The van der Waals surface area contributed by atoms with Crippen molar-refractivity contribution in [3.05, 3.63) is 29.3 Å². The van der Waals surface area contributed by atoms with E-state index in [9.17, 15) is 0 Å². The molecule has 1 saturated heterocycles. The van der Waals surface area contributed by atoms with Gasteiger partial charge in [-0.15, -0.1) is 0 Å². The first kappa shape index (κ1) is 14.3. The number of rotatable bonds is 6. The van der Waals surface area contributed by atoms with E-state index < -0.39 is 0 Å². The number of morpholine rings is 1. The van der Waals surface area contributed by atoms with Crippen molar-refractivity contribution in [1.82, 2.24) is 4.90 Å². The highest BCUT2D eigenvalue weighted by Gasteiger charge is 2.10. The SMILES string of the molecule is COc1ccc(CN)cc1COCN1CCOCC1. The van der Waals surface area contributed by atoms with Crippen molar-refractivity contribution in [3.8, 4) is 5.75 Å². The van der Waals surface area contributed by atoms with E-state index in [-0.39, 0.29) is 0 Å². The maximum Gasteiger partial charge on any atom is 0.124 e. The van der Waals surface area contributed by atoms with E-state index in [4.69, 9.17) is 19.9 Å². The van der Waals surface area contributed by atoms with E-state index >= 15 is 0 Å². The molecule has 0 aromatic heterocycles. The van der Waals surface area contributed by atoms with Gasteiger partial charge in [-0.25, -0.2) is 0 Å². The van der Waals surface area contributed by atoms with Crippen molar-refractivity contribution < 1.29 is 14.2 Å². The summed E-state index contributed by atoms with van der Waals surface area (Å²) in [6.07, 6.45) is 0. The fraction of sp³-hybridized carbons (Fsp3) is 0.571. The van der Waals surface area contributed by atoms with E-state index in [1.54, 1.807) is 7.11 Å². The quantitative estimate of drug-likeness (QED) is 0.831. The summed E-state index contributed by atoms with van der Waals surface area (Å²) >= 11 is 0. The Morgan fingerprint density at radius 2 is 2.11 bits per heavy atom. The van der Waals surface area contributed by atoms with Gasteiger partial charge in [0.15, 0.2) is 0 Å². The molecule has 0 saturated carbocycles.